The third-order valence-corrected chi connectivity index (χ3v) is 1.63. The molecule has 2 aromatic heterocycles. The predicted molar refractivity (Wildman–Crippen MR) is 40.3 cm³/mol. The number of aryl methyl sites for hydroxylation is 1. The van der Waals surface area contributed by atoms with Gasteiger partial charge in [0, 0.05) is 0 Å². The van der Waals surface area contributed by atoms with Crippen LogP contribution in [0.15, 0.2) is 6.33 Å². The van der Waals surface area contributed by atoms with Gasteiger partial charge in [-0.15, -0.1) is 10.2 Å². The summed E-state index contributed by atoms with van der Waals surface area (Å²) < 4.78 is 1.33. The van der Waals surface area contributed by atoms with E-state index in [-0.39, 0.29) is 5.69 Å². The van der Waals surface area contributed by atoms with Crippen LogP contribution in [-0.2, 0) is 0 Å². The SMILES string of the molecule is Cc1c(C(=O)O)nnc2ncnn12. The Balaban J connectivity index is 2.80. The number of rotatable bonds is 1. The van der Waals surface area contributed by atoms with Crippen molar-refractivity contribution in [1.82, 2.24) is 24.8 Å². The summed E-state index contributed by atoms with van der Waals surface area (Å²) in [5.41, 5.74) is 0.299. The molecule has 0 aliphatic rings. The van der Waals surface area contributed by atoms with E-state index in [1.54, 1.807) is 6.92 Å². The molecule has 0 saturated heterocycles. The van der Waals surface area contributed by atoms with Crippen molar-refractivity contribution < 1.29 is 9.90 Å². The predicted octanol–water partition coefficient (Wildman–Crippen LogP) is -0.474. The molecule has 0 bridgehead atoms. The number of aromatic nitrogens is 5. The molecule has 0 saturated carbocycles. The highest BCUT2D eigenvalue weighted by molar-refractivity contribution is 5.86. The summed E-state index contributed by atoms with van der Waals surface area (Å²) in [5, 5.41) is 19.6. The molecule has 0 aromatic carbocycles. The topological polar surface area (TPSA) is 93.3 Å². The summed E-state index contributed by atoms with van der Waals surface area (Å²) in [6.45, 7) is 1.60. The summed E-state index contributed by atoms with van der Waals surface area (Å²) >= 11 is 0. The van der Waals surface area contributed by atoms with Crippen LogP contribution in [0.3, 0.4) is 0 Å². The number of aromatic carboxylic acids is 1. The van der Waals surface area contributed by atoms with Crippen LogP contribution in [-0.4, -0.2) is 35.9 Å². The van der Waals surface area contributed by atoms with Crippen molar-refractivity contribution in [2.45, 2.75) is 6.92 Å². The normalized spacial score (nSPS) is 10.5. The summed E-state index contributed by atoms with van der Waals surface area (Å²) in [6.07, 6.45) is 1.29. The standard InChI is InChI=1S/C6H5N5O2/c1-3-4(5(12)13)9-10-6-7-2-8-11(3)6/h2H,1H3,(H,12,13). The molecule has 0 aliphatic heterocycles. The molecular formula is C6H5N5O2. The highest BCUT2D eigenvalue weighted by Gasteiger charge is 2.13. The zero-order valence-corrected chi connectivity index (χ0v) is 6.67. The van der Waals surface area contributed by atoms with Crippen molar-refractivity contribution in [3.63, 3.8) is 0 Å². The first-order valence-corrected chi connectivity index (χ1v) is 3.46. The van der Waals surface area contributed by atoms with Gasteiger partial charge in [0.2, 0.25) is 0 Å². The zero-order chi connectivity index (χ0) is 9.42. The van der Waals surface area contributed by atoms with Crippen molar-refractivity contribution >= 4 is 11.7 Å². The largest absolute Gasteiger partial charge is 0.476 e. The van der Waals surface area contributed by atoms with Gasteiger partial charge in [-0.05, 0) is 6.92 Å². The molecule has 0 radical (unpaired) electrons. The first-order valence-electron chi connectivity index (χ1n) is 3.46. The lowest BCUT2D eigenvalue weighted by Crippen LogP contribution is -2.10. The number of nitrogens with zero attached hydrogens (tertiary/aromatic N) is 5. The molecule has 2 aromatic rings. The molecule has 0 atom stereocenters. The van der Waals surface area contributed by atoms with Crippen molar-refractivity contribution in [2.24, 2.45) is 0 Å². The molecule has 7 nitrogen and oxygen atoms in total. The minimum absolute atomic E-state index is 0.113. The van der Waals surface area contributed by atoms with Gasteiger partial charge in [-0.3, -0.25) is 0 Å². The minimum atomic E-state index is -1.12. The second-order valence-corrected chi connectivity index (χ2v) is 2.41. The van der Waals surface area contributed by atoms with Crippen molar-refractivity contribution in [3.8, 4) is 0 Å². The van der Waals surface area contributed by atoms with Crippen LogP contribution in [0.2, 0.25) is 0 Å². The molecule has 0 spiro atoms. The molecule has 0 aliphatic carbocycles. The van der Waals surface area contributed by atoms with Crippen LogP contribution in [0.5, 0.6) is 0 Å². The van der Waals surface area contributed by atoms with Crippen LogP contribution >= 0.6 is 0 Å². The average Bonchev–Trinajstić information content (AvgIpc) is 2.52. The Morgan fingerprint density at radius 3 is 3.00 bits per heavy atom. The number of hydrogen-bond acceptors (Lipinski definition) is 5. The molecule has 0 unspecified atom stereocenters. The van der Waals surface area contributed by atoms with Crippen molar-refractivity contribution in [3.05, 3.63) is 17.7 Å². The number of hydrogen-bond donors (Lipinski definition) is 1. The smallest absolute Gasteiger partial charge is 0.358 e. The van der Waals surface area contributed by atoms with E-state index in [1.807, 2.05) is 0 Å². The lowest BCUT2D eigenvalue weighted by molar-refractivity contribution is 0.0687. The number of fused-ring (bicyclic) bond motifs is 1. The van der Waals surface area contributed by atoms with Gasteiger partial charge < -0.3 is 5.11 Å². The molecule has 2 rings (SSSR count). The van der Waals surface area contributed by atoms with Crippen LogP contribution in [0.1, 0.15) is 16.2 Å². The number of carboxylic acid groups (broad SMARTS) is 1. The molecule has 2 heterocycles. The Kier molecular flexibility index (Phi) is 1.44. The van der Waals surface area contributed by atoms with Gasteiger partial charge in [-0.1, -0.05) is 0 Å². The van der Waals surface area contributed by atoms with Gasteiger partial charge in [0.25, 0.3) is 5.78 Å². The number of carbonyl (C=O) groups is 1. The van der Waals surface area contributed by atoms with E-state index in [0.29, 0.717) is 11.5 Å². The van der Waals surface area contributed by atoms with Crippen LogP contribution in [0, 0.1) is 6.92 Å². The molecule has 66 valence electrons. The van der Waals surface area contributed by atoms with E-state index in [1.165, 1.54) is 10.8 Å². The van der Waals surface area contributed by atoms with Crippen LogP contribution in [0.4, 0.5) is 0 Å². The molecule has 13 heavy (non-hydrogen) atoms. The second-order valence-electron chi connectivity index (χ2n) is 2.41. The fourth-order valence-electron chi connectivity index (χ4n) is 1.01. The Morgan fingerprint density at radius 2 is 2.31 bits per heavy atom. The van der Waals surface area contributed by atoms with Gasteiger partial charge in [0.15, 0.2) is 5.69 Å². The highest BCUT2D eigenvalue weighted by atomic mass is 16.4. The monoisotopic (exact) mass is 179 g/mol. The van der Waals surface area contributed by atoms with Gasteiger partial charge in [-0.25, -0.2) is 4.79 Å². The van der Waals surface area contributed by atoms with Crippen molar-refractivity contribution in [2.75, 3.05) is 0 Å². The second kappa shape index (κ2) is 2.47. The summed E-state index contributed by atoms with van der Waals surface area (Å²) in [7, 11) is 0. The fraction of sp³-hybridized carbons (Fsp3) is 0.167. The Bertz CT molecular complexity index is 477. The lowest BCUT2D eigenvalue weighted by Gasteiger charge is -1.98. The van der Waals surface area contributed by atoms with Crippen molar-refractivity contribution in [1.29, 1.82) is 0 Å². The maximum absolute atomic E-state index is 10.6. The average molecular weight is 179 g/mol. The molecule has 7 heteroatoms. The van der Waals surface area contributed by atoms with Gasteiger partial charge >= 0.3 is 5.97 Å². The summed E-state index contributed by atoms with van der Waals surface area (Å²) in [4.78, 5) is 14.4. The van der Waals surface area contributed by atoms with Gasteiger partial charge in [0.1, 0.15) is 6.33 Å². The number of carboxylic acids is 1. The summed E-state index contributed by atoms with van der Waals surface area (Å²) in [5.74, 6) is -0.829. The first-order chi connectivity index (χ1) is 6.20. The molecule has 1 N–H and O–H groups in total. The Hall–Kier alpha value is -2.05. The molecular weight excluding hydrogens is 174 g/mol. The van der Waals surface area contributed by atoms with Gasteiger partial charge in [0.05, 0.1) is 5.69 Å². The Labute approximate surface area is 72.1 Å². The van der Waals surface area contributed by atoms with E-state index in [4.69, 9.17) is 5.11 Å². The maximum atomic E-state index is 10.6. The third kappa shape index (κ3) is 1.01. The van der Waals surface area contributed by atoms with E-state index in [9.17, 15) is 4.79 Å². The fourth-order valence-corrected chi connectivity index (χ4v) is 1.01. The minimum Gasteiger partial charge on any atom is -0.476 e. The van der Waals surface area contributed by atoms with E-state index in [0.717, 1.165) is 0 Å². The van der Waals surface area contributed by atoms with Gasteiger partial charge in [-0.2, -0.15) is 14.6 Å². The van der Waals surface area contributed by atoms with E-state index >= 15 is 0 Å². The van der Waals surface area contributed by atoms with Crippen LogP contribution < -0.4 is 0 Å². The summed E-state index contributed by atoms with van der Waals surface area (Å²) in [6, 6.07) is 0. The Morgan fingerprint density at radius 1 is 1.54 bits per heavy atom. The zero-order valence-electron chi connectivity index (χ0n) is 6.67. The highest BCUT2D eigenvalue weighted by Crippen LogP contribution is 2.03. The maximum Gasteiger partial charge on any atom is 0.358 e. The van der Waals surface area contributed by atoms with E-state index < -0.39 is 5.97 Å². The third-order valence-electron chi connectivity index (χ3n) is 1.63. The molecule has 0 amide bonds. The van der Waals surface area contributed by atoms with Crippen LogP contribution in [0.25, 0.3) is 5.78 Å². The van der Waals surface area contributed by atoms with E-state index in [2.05, 4.69) is 20.3 Å². The quantitative estimate of drug-likeness (QED) is 0.635. The molecule has 0 fully saturated rings. The lowest BCUT2D eigenvalue weighted by atomic mass is 10.3. The first kappa shape index (κ1) is 7.59.